The topological polar surface area (TPSA) is 62.6 Å². The van der Waals surface area contributed by atoms with Gasteiger partial charge in [-0.05, 0) is 18.8 Å². The number of nitrogens with one attached hydrogen (secondary N) is 1. The van der Waals surface area contributed by atoms with Crippen LogP contribution in [0.15, 0.2) is 12.4 Å². The molecule has 2 fully saturated rings. The van der Waals surface area contributed by atoms with Crippen molar-refractivity contribution >= 4 is 6.03 Å². The van der Waals surface area contributed by atoms with E-state index in [0.717, 1.165) is 57.9 Å². The first-order valence-electron chi connectivity index (χ1n) is 8.51. The van der Waals surface area contributed by atoms with Crippen molar-refractivity contribution in [3.63, 3.8) is 0 Å². The standard InChI is InChI=1S/C16H27N5O2/c1-19-11-15(10-18-19)9-17-16(22)21-4-2-3-14(13-21)12-20-5-7-23-8-6-20/h10-11,14H,2-9,12-13H2,1H3,(H,17,22)/t14-/m0/s1. The van der Waals surface area contributed by atoms with Crippen molar-refractivity contribution in [1.82, 2.24) is 24.9 Å². The molecule has 0 unspecified atom stereocenters. The predicted molar refractivity (Wildman–Crippen MR) is 87.0 cm³/mol. The second-order valence-corrected chi connectivity index (χ2v) is 6.55. The summed E-state index contributed by atoms with van der Waals surface area (Å²) in [7, 11) is 1.88. The molecule has 0 spiro atoms. The Morgan fingerprint density at radius 1 is 1.39 bits per heavy atom. The number of rotatable bonds is 4. The molecule has 128 valence electrons. The Labute approximate surface area is 137 Å². The van der Waals surface area contributed by atoms with Crippen LogP contribution in [-0.4, -0.2) is 71.5 Å². The third-order valence-corrected chi connectivity index (χ3v) is 4.63. The average molecular weight is 321 g/mol. The zero-order chi connectivity index (χ0) is 16.1. The molecule has 2 aliphatic heterocycles. The van der Waals surface area contributed by atoms with Crippen molar-refractivity contribution in [2.75, 3.05) is 45.9 Å². The van der Waals surface area contributed by atoms with Gasteiger partial charge in [-0.3, -0.25) is 9.58 Å². The maximum atomic E-state index is 12.4. The van der Waals surface area contributed by atoms with E-state index in [0.29, 0.717) is 12.5 Å². The molecule has 23 heavy (non-hydrogen) atoms. The number of hydrogen-bond acceptors (Lipinski definition) is 4. The molecule has 2 aliphatic rings. The summed E-state index contributed by atoms with van der Waals surface area (Å²) in [4.78, 5) is 16.8. The molecule has 0 saturated carbocycles. The van der Waals surface area contributed by atoms with Crippen LogP contribution in [-0.2, 0) is 18.3 Å². The molecule has 0 radical (unpaired) electrons. The van der Waals surface area contributed by atoms with Crippen molar-refractivity contribution in [3.05, 3.63) is 18.0 Å². The molecule has 1 aromatic rings. The molecular formula is C16H27N5O2. The summed E-state index contributed by atoms with van der Waals surface area (Å²) < 4.78 is 7.15. The van der Waals surface area contributed by atoms with Gasteiger partial charge in [-0.25, -0.2) is 4.79 Å². The lowest BCUT2D eigenvalue weighted by Gasteiger charge is -2.36. The van der Waals surface area contributed by atoms with Crippen molar-refractivity contribution in [2.45, 2.75) is 19.4 Å². The SMILES string of the molecule is Cn1cc(CNC(=O)N2CCC[C@@H](CN3CCOCC3)C2)cn1. The zero-order valence-corrected chi connectivity index (χ0v) is 13.9. The third-order valence-electron chi connectivity index (χ3n) is 4.63. The summed E-state index contributed by atoms with van der Waals surface area (Å²) in [5.41, 5.74) is 1.03. The third kappa shape index (κ3) is 4.68. The van der Waals surface area contributed by atoms with Gasteiger partial charge in [0.1, 0.15) is 0 Å². The summed E-state index contributed by atoms with van der Waals surface area (Å²) in [6.45, 7) is 7.04. The van der Waals surface area contributed by atoms with Gasteiger partial charge in [0, 0.05) is 58.1 Å². The van der Waals surface area contributed by atoms with Crippen LogP contribution in [0.3, 0.4) is 0 Å². The van der Waals surface area contributed by atoms with E-state index in [9.17, 15) is 4.79 Å². The Hall–Kier alpha value is -1.60. The number of morpholine rings is 1. The quantitative estimate of drug-likeness (QED) is 0.885. The molecule has 0 bridgehead atoms. The lowest BCUT2D eigenvalue weighted by Crippen LogP contribution is -2.48. The van der Waals surface area contributed by atoms with Crippen molar-refractivity contribution in [1.29, 1.82) is 0 Å². The Balaban J connectivity index is 1.44. The fourth-order valence-electron chi connectivity index (χ4n) is 3.40. The normalized spacial score (nSPS) is 23.0. The summed E-state index contributed by atoms with van der Waals surface area (Å²) in [5, 5.41) is 7.13. The van der Waals surface area contributed by atoms with Crippen LogP contribution >= 0.6 is 0 Å². The van der Waals surface area contributed by atoms with Gasteiger partial charge in [-0.15, -0.1) is 0 Å². The number of urea groups is 1. The van der Waals surface area contributed by atoms with Crippen LogP contribution in [0, 0.1) is 5.92 Å². The monoisotopic (exact) mass is 321 g/mol. The highest BCUT2D eigenvalue weighted by Gasteiger charge is 2.25. The first kappa shape index (κ1) is 16.3. The fraction of sp³-hybridized carbons (Fsp3) is 0.750. The highest BCUT2D eigenvalue weighted by atomic mass is 16.5. The maximum absolute atomic E-state index is 12.4. The minimum atomic E-state index is 0.0422. The Bertz CT molecular complexity index is 512. The lowest BCUT2D eigenvalue weighted by atomic mass is 9.97. The molecule has 7 nitrogen and oxygen atoms in total. The Morgan fingerprint density at radius 3 is 2.96 bits per heavy atom. The number of aryl methyl sites for hydroxylation is 1. The molecule has 3 heterocycles. The smallest absolute Gasteiger partial charge is 0.317 e. The highest BCUT2D eigenvalue weighted by molar-refractivity contribution is 5.74. The van der Waals surface area contributed by atoms with Crippen LogP contribution in [0.2, 0.25) is 0 Å². The summed E-state index contributed by atoms with van der Waals surface area (Å²) in [6.07, 6.45) is 6.02. The van der Waals surface area contributed by atoms with Gasteiger partial charge in [0.05, 0.1) is 19.4 Å². The second kappa shape index (κ2) is 7.79. The van der Waals surface area contributed by atoms with E-state index in [1.807, 2.05) is 18.1 Å². The highest BCUT2D eigenvalue weighted by Crippen LogP contribution is 2.18. The summed E-state index contributed by atoms with van der Waals surface area (Å²) in [6, 6.07) is 0.0422. The molecule has 0 aromatic carbocycles. The fourth-order valence-corrected chi connectivity index (χ4v) is 3.40. The molecule has 7 heteroatoms. The first-order chi connectivity index (χ1) is 11.2. The van der Waals surface area contributed by atoms with Crippen LogP contribution < -0.4 is 5.32 Å². The average Bonchev–Trinajstić information content (AvgIpc) is 2.99. The Kier molecular flexibility index (Phi) is 5.51. The van der Waals surface area contributed by atoms with E-state index in [4.69, 9.17) is 4.74 Å². The predicted octanol–water partition coefficient (Wildman–Crippen LogP) is 0.674. The van der Waals surface area contributed by atoms with Gasteiger partial charge >= 0.3 is 6.03 Å². The molecule has 2 saturated heterocycles. The number of nitrogens with zero attached hydrogens (tertiary/aromatic N) is 4. The minimum absolute atomic E-state index is 0.0422. The van der Waals surface area contributed by atoms with Crippen LogP contribution in [0.4, 0.5) is 4.79 Å². The van der Waals surface area contributed by atoms with Gasteiger partial charge in [0.15, 0.2) is 0 Å². The number of ether oxygens (including phenoxy) is 1. The van der Waals surface area contributed by atoms with E-state index in [1.54, 1.807) is 10.9 Å². The number of carbonyl (C=O) groups is 1. The second-order valence-electron chi connectivity index (χ2n) is 6.55. The van der Waals surface area contributed by atoms with E-state index >= 15 is 0 Å². The minimum Gasteiger partial charge on any atom is -0.379 e. The molecule has 1 aromatic heterocycles. The number of amides is 2. The summed E-state index contributed by atoms with van der Waals surface area (Å²) in [5.74, 6) is 0.575. The van der Waals surface area contributed by atoms with Crippen LogP contribution in [0.25, 0.3) is 0 Å². The van der Waals surface area contributed by atoms with Gasteiger partial charge in [-0.2, -0.15) is 5.10 Å². The number of aromatic nitrogens is 2. The molecule has 1 N–H and O–H groups in total. The maximum Gasteiger partial charge on any atom is 0.317 e. The van der Waals surface area contributed by atoms with Gasteiger partial charge < -0.3 is 15.0 Å². The zero-order valence-electron chi connectivity index (χ0n) is 13.9. The number of piperidine rings is 1. The molecule has 2 amide bonds. The van der Waals surface area contributed by atoms with Crippen molar-refractivity contribution < 1.29 is 9.53 Å². The number of hydrogen-bond donors (Lipinski definition) is 1. The lowest BCUT2D eigenvalue weighted by molar-refractivity contribution is 0.0249. The molecule has 0 aliphatic carbocycles. The van der Waals surface area contributed by atoms with Crippen molar-refractivity contribution in [3.8, 4) is 0 Å². The Morgan fingerprint density at radius 2 is 2.22 bits per heavy atom. The first-order valence-corrected chi connectivity index (χ1v) is 8.51. The van der Waals surface area contributed by atoms with E-state index in [2.05, 4.69) is 15.3 Å². The summed E-state index contributed by atoms with van der Waals surface area (Å²) >= 11 is 0. The molecule has 3 rings (SSSR count). The van der Waals surface area contributed by atoms with E-state index in [-0.39, 0.29) is 6.03 Å². The molecule has 1 atom stereocenters. The van der Waals surface area contributed by atoms with Gasteiger partial charge in [0.25, 0.3) is 0 Å². The van der Waals surface area contributed by atoms with Gasteiger partial charge in [-0.1, -0.05) is 0 Å². The number of likely N-dealkylation sites (tertiary alicyclic amines) is 1. The van der Waals surface area contributed by atoms with Gasteiger partial charge in [0.2, 0.25) is 0 Å². The van der Waals surface area contributed by atoms with E-state index in [1.165, 1.54) is 6.42 Å². The largest absolute Gasteiger partial charge is 0.379 e. The van der Waals surface area contributed by atoms with Crippen molar-refractivity contribution in [2.24, 2.45) is 13.0 Å². The number of carbonyl (C=O) groups excluding carboxylic acids is 1. The molecular weight excluding hydrogens is 294 g/mol. The van der Waals surface area contributed by atoms with Crippen LogP contribution in [0.1, 0.15) is 18.4 Å². The van der Waals surface area contributed by atoms with Crippen LogP contribution in [0.5, 0.6) is 0 Å². The van der Waals surface area contributed by atoms with E-state index < -0.39 is 0 Å².